The molecule has 0 aliphatic heterocycles. The summed E-state index contributed by atoms with van der Waals surface area (Å²) in [6, 6.07) is 7.82. The fourth-order valence-electron chi connectivity index (χ4n) is 1.11. The van der Waals surface area contributed by atoms with Crippen molar-refractivity contribution in [3.05, 3.63) is 40.6 Å². The molecule has 74 valence electrons. The number of rotatable bonds is 2. The fraction of sp³-hybridized carbons (Fsp3) is 0. The molecule has 2 rings (SSSR count). The fourth-order valence-corrected chi connectivity index (χ4v) is 2.55. The summed E-state index contributed by atoms with van der Waals surface area (Å²) >= 11 is 4.79. The highest BCUT2D eigenvalue weighted by atomic mass is 79.9. The van der Waals surface area contributed by atoms with Crippen LogP contribution in [0.3, 0.4) is 0 Å². The van der Waals surface area contributed by atoms with Gasteiger partial charge in [-0.3, -0.25) is 0 Å². The molecule has 0 radical (unpaired) electrons. The first-order valence-corrected chi connectivity index (χ1v) is 5.78. The zero-order valence-corrected chi connectivity index (χ0v) is 9.97. The van der Waals surface area contributed by atoms with Gasteiger partial charge in [0.05, 0.1) is 5.56 Å². The van der Waals surface area contributed by atoms with Crippen molar-refractivity contribution < 1.29 is 0 Å². The molecule has 0 spiro atoms. The lowest BCUT2D eigenvalue weighted by Gasteiger charge is -2.02. The largest absolute Gasteiger partial charge is 0.339 e. The van der Waals surface area contributed by atoms with Crippen molar-refractivity contribution in [2.45, 2.75) is 10.1 Å². The van der Waals surface area contributed by atoms with E-state index >= 15 is 0 Å². The Labute approximate surface area is 99.7 Å². The smallest absolute Gasteiger partial charge is 0.170 e. The van der Waals surface area contributed by atoms with Crippen LogP contribution in [0.25, 0.3) is 0 Å². The zero-order chi connectivity index (χ0) is 10.7. The number of hydrogen-bond acceptors (Lipinski definition) is 3. The second-order valence-electron chi connectivity index (χ2n) is 2.72. The molecular weight excluding hydrogens is 274 g/mol. The third-order valence-electron chi connectivity index (χ3n) is 1.77. The Morgan fingerprint density at radius 2 is 2.33 bits per heavy atom. The predicted octanol–water partition coefficient (Wildman–Crippen LogP) is 3.20. The van der Waals surface area contributed by atoms with Gasteiger partial charge in [-0.15, -0.1) is 0 Å². The highest BCUT2D eigenvalue weighted by molar-refractivity contribution is 9.10. The predicted molar refractivity (Wildman–Crippen MR) is 61.6 cm³/mol. The lowest BCUT2D eigenvalue weighted by molar-refractivity contribution is 1.06. The number of halogens is 1. The van der Waals surface area contributed by atoms with Crippen molar-refractivity contribution in [3.8, 4) is 6.07 Å². The Bertz CT molecular complexity index is 502. The van der Waals surface area contributed by atoms with Gasteiger partial charge in [0.15, 0.2) is 5.16 Å². The number of benzene rings is 1. The Balaban J connectivity index is 2.37. The Kier molecular flexibility index (Phi) is 3.09. The molecular formula is C10H6BrN3S. The van der Waals surface area contributed by atoms with E-state index in [9.17, 15) is 0 Å². The standard InChI is InChI=1S/C10H6BrN3S/c11-8-2-1-3-9(7(8)6-12)15-10-13-4-5-14-10/h1-5H,(H,13,14). The number of imidazole rings is 1. The molecule has 0 fully saturated rings. The first-order chi connectivity index (χ1) is 7.31. The van der Waals surface area contributed by atoms with Crippen LogP contribution in [0.5, 0.6) is 0 Å². The van der Waals surface area contributed by atoms with Gasteiger partial charge >= 0.3 is 0 Å². The average Bonchev–Trinajstić information content (AvgIpc) is 2.71. The topological polar surface area (TPSA) is 52.5 Å². The highest BCUT2D eigenvalue weighted by Crippen LogP contribution is 2.31. The maximum absolute atomic E-state index is 9.00. The summed E-state index contributed by atoms with van der Waals surface area (Å²) in [5, 5.41) is 9.79. The van der Waals surface area contributed by atoms with E-state index in [1.165, 1.54) is 11.8 Å². The first kappa shape index (κ1) is 10.3. The third-order valence-corrected chi connectivity index (χ3v) is 3.40. The van der Waals surface area contributed by atoms with Gasteiger partial charge in [0.1, 0.15) is 6.07 Å². The van der Waals surface area contributed by atoms with E-state index in [0.717, 1.165) is 14.5 Å². The van der Waals surface area contributed by atoms with Crippen molar-refractivity contribution in [1.29, 1.82) is 5.26 Å². The second-order valence-corrected chi connectivity index (χ2v) is 4.61. The molecule has 0 unspecified atom stereocenters. The second kappa shape index (κ2) is 4.51. The lowest BCUT2D eigenvalue weighted by atomic mass is 10.2. The molecule has 0 aliphatic rings. The van der Waals surface area contributed by atoms with Gasteiger partial charge < -0.3 is 4.98 Å². The van der Waals surface area contributed by atoms with E-state index in [4.69, 9.17) is 5.26 Å². The summed E-state index contributed by atoms with van der Waals surface area (Å²) in [5.74, 6) is 0. The van der Waals surface area contributed by atoms with Crippen molar-refractivity contribution in [1.82, 2.24) is 9.97 Å². The maximum atomic E-state index is 9.00. The number of aromatic nitrogens is 2. The summed E-state index contributed by atoms with van der Waals surface area (Å²) in [4.78, 5) is 7.97. The molecule has 0 saturated heterocycles. The summed E-state index contributed by atoms with van der Waals surface area (Å²) in [6.45, 7) is 0. The number of hydrogen-bond donors (Lipinski definition) is 1. The quantitative estimate of drug-likeness (QED) is 0.919. The maximum Gasteiger partial charge on any atom is 0.170 e. The summed E-state index contributed by atoms with van der Waals surface area (Å²) in [6.07, 6.45) is 3.44. The highest BCUT2D eigenvalue weighted by Gasteiger charge is 2.08. The van der Waals surface area contributed by atoms with Gasteiger partial charge in [-0.05, 0) is 28.1 Å². The molecule has 1 aromatic heterocycles. The van der Waals surface area contributed by atoms with Crippen molar-refractivity contribution in [3.63, 3.8) is 0 Å². The van der Waals surface area contributed by atoms with Crippen LogP contribution in [-0.2, 0) is 0 Å². The Morgan fingerprint density at radius 3 is 3.00 bits per heavy atom. The Morgan fingerprint density at radius 1 is 1.47 bits per heavy atom. The van der Waals surface area contributed by atoms with E-state index in [1.54, 1.807) is 12.4 Å². The molecule has 1 N–H and O–H groups in total. The molecule has 15 heavy (non-hydrogen) atoms. The molecule has 0 atom stereocenters. The molecule has 1 heterocycles. The third kappa shape index (κ3) is 2.22. The minimum absolute atomic E-state index is 0.638. The number of nitrogens with one attached hydrogen (secondary N) is 1. The molecule has 3 nitrogen and oxygen atoms in total. The van der Waals surface area contributed by atoms with Crippen LogP contribution in [-0.4, -0.2) is 9.97 Å². The van der Waals surface area contributed by atoms with Crippen molar-refractivity contribution in [2.24, 2.45) is 0 Å². The van der Waals surface area contributed by atoms with Crippen molar-refractivity contribution >= 4 is 27.7 Å². The van der Waals surface area contributed by atoms with Gasteiger partial charge in [0.25, 0.3) is 0 Å². The number of nitrogens with zero attached hydrogens (tertiary/aromatic N) is 2. The summed E-state index contributed by atoms with van der Waals surface area (Å²) in [7, 11) is 0. The lowest BCUT2D eigenvalue weighted by Crippen LogP contribution is -1.83. The van der Waals surface area contributed by atoms with Crippen LogP contribution in [0, 0.1) is 11.3 Å². The minimum atomic E-state index is 0.638. The molecule has 0 amide bonds. The average molecular weight is 280 g/mol. The first-order valence-electron chi connectivity index (χ1n) is 4.17. The summed E-state index contributed by atoms with van der Waals surface area (Å²) < 4.78 is 0.807. The van der Waals surface area contributed by atoms with Crippen LogP contribution < -0.4 is 0 Å². The van der Waals surface area contributed by atoms with Crippen molar-refractivity contribution in [2.75, 3.05) is 0 Å². The van der Waals surface area contributed by atoms with E-state index in [-0.39, 0.29) is 0 Å². The molecule has 0 aliphatic carbocycles. The number of nitriles is 1. The van der Waals surface area contributed by atoms with Gasteiger partial charge in [0.2, 0.25) is 0 Å². The number of H-pyrrole nitrogens is 1. The van der Waals surface area contributed by atoms with Crippen LogP contribution in [0.15, 0.2) is 45.1 Å². The van der Waals surface area contributed by atoms with Crippen LogP contribution in [0.1, 0.15) is 5.56 Å². The summed E-state index contributed by atoms with van der Waals surface area (Å²) in [5.41, 5.74) is 0.638. The van der Waals surface area contributed by atoms with Gasteiger partial charge in [0, 0.05) is 21.8 Å². The zero-order valence-electron chi connectivity index (χ0n) is 7.57. The van der Waals surface area contributed by atoms with E-state index in [0.29, 0.717) is 5.56 Å². The normalized spacial score (nSPS) is 9.87. The van der Waals surface area contributed by atoms with E-state index < -0.39 is 0 Å². The van der Waals surface area contributed by atoms with Crippen LogP contribution in [0.2, 0.25) is 0 Å². The van der Waals surface area contributed by atoms with Gasteiger partial charge in [-0.2, -0.15) is 5.26 Å². The molecule has 2 aromatic rings. The SMILES string of the molecule is N#Cc1c(Br)cccc1Sc1ncc[nH]1. The van der Waals surface area contributed by atoms with Gasteiger partial charge in [-0.25, -0.2) is 4.98 Å². The van der Waals surface area contributed by atoms with E-state index in [1.807, 2.05) is 18.2 Å². The monoisotopic (exact) mass is 279 g/mol. The molecule has 1 aromatic carbocycles. The van der Waals surface area contributed by atoms with Crippen LogP contribution >= 0.6 is 27.7 Å². The minimum Gasteiger partial charge on any atom is -0.339 e. The molecule has 0 saturated carbocycles. The molecule has 0 bridgehead atoms. The van der Waals surface area contributed by atoms with Gasteiger partial charge in [-0.1, -0.05) is 17.8 Å². The molecule has 5 heteroatoms. The number of aromatic amines is 1. The van der Waals surface area contributed by atoms with Crippen LogP contribution in [0.4, 0.5) is 0 Å². The van der Waals surface area contributed by atoms with E-state index in [2.05, 4.69) is 32.0 Å². The Hall–Kier alpha value is -1.25.